The summed E-state index contributed by atoms with van der Waals surface area (Å²) in [5, 5.41) is 3.78. The minimum absolute atomic E-state index is 0.868. The smallest absolute Gasteiger partial charge is 0.00683 e. The Balaban J connectivity index is 1.40. The van der Waals surface area contributed by atoms with E-state index in [0.29, 0.717) is 0 Å². The minimum Gasteiger partial charge on any atom is -0.314 e. The van der Waals surface area contributed by atoms with Crippen LogP contribution in [0.1, 0.15) is 61.6 Å². The van der Waals surface area contributed by atoms with Gasteiger partial charge in [-0.05, 0) is 86.4 Å². The summed E-state index contributed by atoms with van der Waals surface area (Å²) in [7, 11) is 0. The fourth-order valence-corrected chi connectivity index (χ4v) is 4.48. The van der Waals surface area contributed by atoms with Crippen molar-refractivity contribution in [3.63, 3.8) is 0 Å². The first-order valence-electron chi connectivity index (χ1n) is 9.22. The van der Waals surface area contributed by atoms with Gasteiger partial charge in [-0.15, -0.1) is 0 Å². The molecule has 0 saturated heterocycles. The second kappa shape index (κ2) is 6.12. The first kappa shape index (κ1) is 13.8. The van der Waals surface area contributed by atoms with Gasteiger partial charge in [-0.3, -0.25) is 0 Å². The maximum absolute atomic E-state index is 3.78. The molecule has 2 unspecified atom stereocenters. The van der Waals surface area contributed by atoms with Crippen LogP contribution in [0, 0.1) is 11.8 Å². The summed E-state index contributed by atoms with van der Waals surface area (Å²) in [6, 6.07) is 8.23. The van der Waals surface area contributed by atoms with Gasteiger partial charge in [0, 0.05) is 6.04 Å². The number of aryl methyl sites for hydroxylation is 2. The molecule has 1 aromatic rings. The van der Waals surface area contributed by atoms with E-state index in [9.17, 15) is 0 Å². The second-order valence-corrected chi connectivity index (χ2v) is 7.65. The number of rotatable bonds is 5. The Labute approximate surface area is 129 Å². The van der Waals surface area contributed by atoms with Crippen molar-refractivity contribution in [2.24, 2.45) is 11.8 Å². The number of benzene rings is 1. The van der Waals surface area contributed by atoms with Gasteiger partial charge in [0.1, 0.15) is 0 Å². The number of hydrogen-bond acceptors (Lipinski definition) is 1. The maximum atomic E-state index is 3.78. The molecule has 1 aromatic carbocycles. The van der Waals surface area contributed by atoms with Crippen LogP contribution in [0.3, 0.4) is 0 Å². The topological polar surface area (TPSA) is 12.0 Å². The molecule has 0 heterocycles. The van der Waals surface area contributed by atoms with Crippen LogP contribution in [0.4, 0.5) is 0 Å². The van der Waals surface area contributed by atoms with Crippen LogP contribution in [-0.2, 0) is 19.3 Å². The van der Waals surface area contributed by atoms with Crippen LogP contribution in [-0.4, -0.2) is 12.6 Å². The summed E-state index contributed by atoms with van der Waals surface area (Å²) < 4.78 is 0. The van der Waals surface area contributed by atoms with Crippen molar-refractivity contribution in [2.45, 2.75) is 70.3 Å². The highest BCUT2D eigenvalue weighted by Crippen LogP contribution is 2.34. The van der Waals surface area contributed by atoms with E-state index < -0.39 is 0 Å². The van der Waals surface area contributed by atoms with E-state index in [1.54, 1.807) is 16.7 Å². The Morgan fingerprint density at radius 1 is 0.857 bits per heavy atom. The molecule has 0 radical (unpaired) electrons. The number of fused-ring (bicyclic) bond motifs is 1. The van der Waals surface area contributed by atoms with Gasteiger partial charge in [-0.25, -0.2) is 0 Å². The average Bonchev–Trinajstić information content (AvgIpc) is 3.22. The summed E-state index contributed by atoms with van der Waals surface area (Å²) >= 11 is 0. The van der Waals surface area contributed by atoms with Gasteiger partial charge < -0.3 is 5.32 Å². The number of hydrogen-bond donors (Lipinski definition) is 1. The standard InChI is InChI=1S/C20H29N/c1-2-5-19(14-21-20-10-11-20)18(4-1)13-15-8-9-16-6-3-7-17(16)12-15/h8-9,12,18-21H,1-7,10-11,13-14H2. The lowest BCUT2D eigenvalue weighted by molar-refractivity contribution is 0.228. The van der Waals surface area contributed by atoms with Gasteiger partial charge >= 0.3 is 0 Å². The third kappa shape index (κ3) is 3.34. The Morgan fingerprint density at radius 3 is 2.52 bits per heavy atom. The van der Waals surface area contributed by atoms with Crippen molar-refractivity contribution in [2.75, 3.05) is 6.54 Å². The van der Waals surface area contributed by atoms with Crippen molar-refractivity contribution in [3.8, 4) is 0 Å². The van der Waals surface area contributed by atoms with E-state index in [4.69, 9.17) is 0 Å². The molecule has 1 nitrogen and oxygen atoms in total. The van der Waals surface area contributed by atoms with E-state index in [2.05, 4.69) is 23.5 Å². The Hall–Kier alpha value is -0.820. The molecular weight excluding hydrogens is 254 g/mol. The van der Waals surface area contributed by atoms with E-state index >= 15 is 0 Å². The van der Waals surface area contributed by atoms with E-state index in [-0.39, 0.29) is 0 Å². The van der Waals surface area contributed by atoms with Crippen LogP contribution in [0.5, 0.6) is 0 Å². The van der Waals surface area contributed by atoms with Gasteiger partial charge in [-0.2, -0.15) is 0 Å². The summed E-state index contributed by atoms with van der Waals surface area (Å²) in [5.74, 6) is 1.84. The zero-order chi connectivity index (χ0) is 14.1. The zero-order valence-corrected chi connectivity index (χ0v) is 13.2. The van der Waals surface area contributed by atoms with Gasteiger partial charge in [0.2, 0.25) is 0 Å². The summed E-state index contributed by atoms with van der Waals surface area (Å²) in [5.41, 5.74) is 4.88. The molecule has 114 valence electrons. The molecule has 0 aromatic heterocycles. The highest BCUT2D eigenvalue weighted by atomic mass is 14.9. The van der Waals surface area contributed by atoms with Crippen molar-refractivity contribution >= 4 is 0 Å². The van der Waals surface area contributed by atoms with Crippen molar-refractivity contribution in [1.29, 1.82) is 0 Å². The van der Waals surface area contributed by atoms with E-state index in [1.165, 1.54) is 70.8 Å². The van der Waals surface area contributed by atoms with Crippen LogP contribution in [0.15, 0.2) is 18.2 Å². The van der Waals surface area contributed by atoms with Gasteiger partial charge in [0.15, 0.2) is 0 Å². The molecule has 0 aliphatic heterocycles. The lowest BCUT2D eigenvalue weighted by atomic mass is 9.76. The highest BCUT2D eigenvalue weighted by molar-refractivity contribution is 5.35. The monoisotopic (exact) mass is 283 g/mol. The Bertz CT molecular complexity index is 489. The Kier molecular flexibility index (Phi) is 4.03. The van der Waals surface area contributed by atoms with Gasteiger partial charge in [0.05, 0.1) is 0 Å². The molecule has 3 aliphatic rings. The maximum Gasteiger partial charge on any atom is 0.00683 e. The SMILES string of the molecule is c1cc2c(cc1CC1CCCCC1CNC1CC1)CCC2. The first-order valence-corrected chi connectivity index (χ1v) is 9.22. The number of nitrogens with one attached hydrogen (secondary N) is 1. The molecule has 4 rings (SSSR count). The largest absolute Gasteiger partial charge is 0.314 e. The van der Waals surface area contributed by atoms with Crippen LogP contribution in [0.25, 0.3) is 0 Å². The predicted octanol–water partition coefficient (Wildman–Crippen LogP) is 4.28. The van der Waals surface area contributed by atoms with Crippen molar-refractivity contribution in [1.82, 2.24) is 5.32 Å². The summed E-state index contributed by atoms with van der Waals surface area (Å²) in [4.78, 5) is 0. The summed E-state index contributed by atoms with van der Waals surface area (Å²) in [6.07, 6.45) is 14.0. The molecule has 0 bridgehead atoms. The predicted molar refractivity (Wildman–Crippen MR) is 88.6 cm³/mol. The molecule has 0 amide bonds. The first-order chi connectivity index (χ1) is 10.4. The third-order valence-corrected chi connectivity index (χ3v) is 5.97. The summed E-state index contributed by atoms with van der Waals surface area (Å²) in [6.45, 7) is 1.28. The molecular formula is C20H29N. The van der Waals surface area contributed by atoms with Gasteiger partial charge in [0.25, 0.3) is 0 Å². The normalized spacial score (nSPS) is 28.6. The molecule has 2 atom stereocenters. The molecule has 2 saturated carbocycles. The van der Waals surface area contributed by atoms with Crippen LogP contribution in [0.2, 0.25) is 0 Å². The zero-order valence-electron chi connectivity index (χ0n) is 13.2. The van der Waals surface area contributed by atoms with E-state index in [0.717, 1.165) is 17.9 Å². The molecule has 1 N–H and O–H groups in total. The third-order valence-electron chi connectivity index (χ3n) is 5.97. The fourth-order valence-electron chi connectivity index (χ4n) is 4.48. The highest BCUT2D eigenvalue weighted by Gasteiger charge is 2.28. The molecule has 2 fully saturated rings. The fraction of sp³-hybridized carbons (Fsp3) is 0.700. The molecule has 3 aliphatic carbocycles. The quantitative estimate of drug-likeness (QED) is 0.850. The average molecular weight is 283 g/mol. The van der Waals surface area contributed by atoms with E-state index in [1.807, 2.05) is 0 Å². The van der Waals surface area contributed by atoms with Crippen LogP contribution < -0.4 is 5.32 Å². The molecule has 0 spiro atoms. The second-order valence-electron chi connectivity index (χ2n) is 7.65. The lowest BCUT2D eigenvalue weighted by Crippen LogP contribution is -2.32. The van der Waals surface area contributed by atoms with Crippen LogP contribution >= 0.6 is 0 Å². The van der Waals surface area contributed by atoms with Gasteiger partial charge in [-0.1, -0.05) is 31.0 Å². The molecule has 1 heteroatoms. The minimum atomic E-state index is 0.868. The molecule has 21 heavy (non-hydrogen) atoms. The lowest BCUT2D eigenvalue weighted by Gasteiger charge is -2.32. The van der Waals surface area contributed by atoms with Crippen molar-refractivity contribution < 1.29 is 0 Å². The Morgan fingerprint density at radius 2 is 1.67 bits per heavy atom. The van der Waals surface area contributed by atoms with Crippen molar-refractivity contribution in [3.05, 3.63) is 34.9 Å².